The summed E-state index contributed by atoms with van der Waals surface area (Å²) in [7, 11) is 0. The molecule has 0 unspecified atom stereocenters. The molecule has 0 fully saturated rings. The van der Waals surface area contributed by atoms with Gasteiger partial charge in [0.05, 0.1) is 0 Å². The van der Waals surface area contributed by atoms with E-state index in [1.54, 1.807) is 0 Å². The molecular formula is C18H20O. The number of benzene rings is 2. The van der Waals surface area contributed by atoms with Gasteiger partial charge in [-0.15, -0.1) is 0 Å². The highest BCUT2D eigenvalue weighted by Crippen LogP contribution is 2.28. The van der Waals surface area contributed by atoms with Crippen molar-refractivity contribution in [2.24, 2.45) is 0 Å². The van der Waals surface area contributed by atoms with Gasteiger partial charge >= 0.3 is 0 Å². The molecule has 0 aliphatic rings. The maximum absolute atomic E-state index is 11.1. The minimum absolute atomic E-state index is 0.151. The van der Waals surface area contributed by atoms with Crippen LogP contribution in [0, 0.1) is 6.92 Å². The van der Waals surface area contributed by atoms with Crippen LogP contribution in [0.15, 0.2) is 42.5 Å². The Hall–Kier alpha value is -1.89. The Morgan fingerprint density at radius 3 is 2.11 bits per heavy atom. The quantitative estimate of drug-likeness (QED) is 0.703. The van der Waals surface area contributed by atoms with Crippen molar-refractivity contribution in [2.75, 3.05) is 0 Å². The summed E-state index contributed by atoms with van der Waals surface area (Å²) in [6, 6.07) is 14.4. The van der Waals surface area contributed by atoms with Crippen LogP contribution >= 0.6 is 0 Å². The number of hydrogen-bond donors (Lipinski definition) is 0. The highest BCUT2D eigenvalue weighted by molar-refractivity contribution is 5.87. The summed E-state index contributed by atoms with van der Waals surface area (Å²) in [6.07, 6.45) is 0.923. The van der Waals surface area contributed by atoms with Crippen molar-refractivity contribution >= 4 is 6.29 Å². The van der Waals surface area contributed by atoms with Gasteiger partial charge in [0.2, 0.25) is 0 Å². The summed E-state index contributed by atoms with van der Waals surface area (Å²) in [4.78, 5) is 11.1. The Balaban J connectivity index is 2.48. The van der Waals surface area contributed by atoms with Gasteiger partial charge in [0.25, 0.3) is 0 Å². The fraction of sp³-hybridized carbons (Fsp3) is 0.278. The van der Waals surface area contributed by atoms with Crippen molar-refractivity contribution in [3.05, 3.63) is 59.2 Å². The molecule has 1 nitrogen and oxygen atoms in total. The first-order chi connectivity index (χ1) is 8.91. The Kier molecular flexibility index (Phi) is 3.57. The van der Waals surface area contributed by atoms with Gasteiger partial charge in [-0.05, 0) is 29.0 Å². The van der Waals surface area contributed by atoms with Gasteiger partial charge in [-0.25, -0.2) is 0 Å². The zero-order chi connectivity index (χ0) is 14.0. The molecule has 0 N–H and O–H groups in total. The Morgan fingerprint density at radius 2 is 1.58 bits per heavy atom. The summed E-state index contributed by atoms with van der Waals surface area (Å²) in [6.45, 7) is 8.64. The highest BCUT2D eigenvalue weighted by atomic mass is 16.1. The predicted molar refractivity (Wildman–Crippen MR) is 80.7 cm³/mol. The minimum atomic E-state index is 0.151. The van der Waals surface area contributed by atoms with Crippen molar-refractivity contribution in [2.45, 2.75) is 33.1 Å². The Bertz CT molecular complexity index is 586. The Morgan fingerprint density at radius 1 is 0.947 bits per heavy atom. The van der Waals surface area contributed by atoms with E-state index in [0.29, 0.717) is 0 Å². The largest absolute Gasteiger partial charge is 0.298 e. The van der Waals surface area contributed by atoms with Crippen molar-refractivity contribution in [3.63, 3.8) is 0 Å². The van der Waals surface area contributed by atoms with Gasteiger partial charge in [0.15, 0.2) is 6.29 Å². The van der Waals surface area contributed by atoms with E-state index in [2.05, 4.69) is 51.1 Å². The first-order valence-electron chi connectivity index (χ1n) is 6.58. The third-order valence-corrected chi connectivity index (χ3v) is 3.40. The number of aryl methyl sites for hydroxylation is 1. The van der Waals surface area contributed by atoms with E-state index in [1.807, 2.05) is 19.1 Å². The van der Waals surface area contributed by atoms with Gasteiger partial charge in [0.1, 0.15) is 0 Å². The average molecular weight is 252 g/mol. The topological polar surface area (TPSA) is 17.1 Å². The van der Waals surface area contributed by atoms with E-state index in [4.69, 9.17) is 0 Å². The van der Waals surface area contributed by atoms with Crippen molar-refractivity contribution in [1.29, 1.82) is 0 Å². The lowest BCUT2D eigenvalue weighted by Crippen LogP contribution is -2.10. The van der Waals surface area contributed by atoms with Crippen LogP contribution in [0.25, 0.3) is 11.1 Å². The molecule has 0 atom stereocenters. The van der Waals surface area contributed by atoms with Crippen LogP contribution in [0.5, 0.6) is 0 Å². The maximum Gasteiger partial charge on any atom is 0.150 e. The summed E-state index contributed by atoms with van der Waals surface area (Å²) >= 11 is 0. The number of hydrogen-bond acceptors (Lipinski definition) is 1. The molecule has 0 aliphatic heterocycles. The van der Waals surface area contributed by atoms with Crippen molar-refractivity contribution in [1.82, 2.24) is 0 Å². The summed E-state index contributed by atoms with van der Waals surface area (Å²) in [5.41, 5.74) is 5.47. The molecule has 2 aromatic carbocycles. The third-order valence-electron chi connectivity index (χ3n) is 3.40. The SMILES string of the molecule is Cc1ccc(C=O)c(-c2ccc(C(C)(C)C)cc2)c1. The van der Waals surface area contributed by atoms with Gasteiger partial charge in [-0.2, -0.15) is 0 Å². The van der Waals surface area contributed by atoms with Gasteiger partial charge in [-0.3, -0.25) is 4.79 Å². The molecule has 1 heteroatoms. The lowest BCUT2D eigenvalue weighted by Gasteiger charge is -2.19. The number of rotatable bonds is 2. The van der Waals surface area contributed by atoms with Crippen molar-refractivity contribution in [3.8, 4) is 11.1 Å². The van der Waals surface area contributed by atoms with Crippen LogP contribution in [0.1, 0.15) is 42.3 Å². The second-order valence-electron chi connectivity index (χ2n) is 6.04. The summed E-state index contributed by atoms with van der Waals surface area (Å²) < 4.78 is 0. The molecule has 2 aromatic rings. The second kappa shape index (κ2) is 5.00. The third kappa shape index (κ3) is 2.93. The number of carbonyl (C=O) groups excluding carboxylic acids is 1. The first-order valence-corrected chi connectivity index (χ1v) is 6.58. The normalized spacial score (nSPS) is 11.4. The molecule has 19 heavy (non-hydrogen) atoms. The molecule has 0 spiro atoms. The lowest BCUT2D eigenvalue weighted by atomic mass is 9.86. The van der Waals surface area contributed by atoms with E-state index >= 15 is 0 Å². The van der Waals surface area contributed by atoms with E-state index in [1.165, 1.54) is 11.1 Å². The zero-order valence-electron chi connectivity index (χ0n) is 12.0. The van der Waals surface area contributed by atoms with Crippen LogP contribution < -0.4 is 0 Å². The van der Waals surface area contributed by atoms with Crippen LogP contribution in [-0.2, 0) is 5.41 Å². The second-order valence-corrected chi connectivity index (χ2v) is 6.04. The fourth-order valence-electron chi connectivity index (χ4n) is 2.17. The molecule has 2 rings (SSSR count). The predicted octanol–water partition coefficient (Wildman–Crippen LogP) is 4.77. The summed E-state index contributed by atoms with van der Waals surface area (Å²) in [5, 5.41) is 0. The van der Waals surface area contributed by atoms with Gasteiger partial charge in [0, 0.05) is 5.56 Å². The molecule has 0 aromatic heterocycles. The fourth-order valence-corrected chi connectivity index (χ4v) is 2.17. The van der Waals surface area contributed by atoms with Crippen LogP contribution in [0.3, 0.4) is 0 Å². The molecule has 0 saturated heterocycles. The minimum Gasteiger partial charge on any atom is -0.298 e. The smallest absolute Gasteiger partial charge is 0.150 e. The zero-order valence-corrected chi connectivity index (χ0v) is 12.0. The monoisotopic (exact) mass is 252 g/mol. The molecule has 98 valence electrons. The van der Waals surface area contributed by atoms with E-state index in [-0.39, 0.29) is 5.41 Å². The molecule has 0 amide bonds. The molecule has 0 saturated carbocycles. The molecular weight excluding hydrogens is 232 g/mol. The molecule has 0 aliphatic carbocycles. The van der Waals surface area contributed by atoms with E-state index < -0.39 is 0 Å². The molecule has 0 radical (unpaired) electrons. The van der Waals surface area contributed by atoms with E-state index in [9.17, 15) is 4.79 Å². The first kappa shape index (κ1) is 13.5. The standard InChI is InChI=1S/C18H20O/c1-13-5-6-15(12-19)17(11-13)14-7-9-16(10-8-14)18(2,3)4/h5-12H,1-4H3. The highest BCUT2D eigenvalue weighted by Gasteiger charge is 2.13. The van der Waals surface area contributed by atoms with Gasteiger partial charge < -0.3 is 0 Å². The van der Waals surface area contributed by atoms with Crippen LogP contribution in [-0.4, -0.2) is 6.29 Å². The number of aldehydes is 1. The van der Waals surface area contributed by atoms with Crippen LogP contribution in [0.4, 0.5) is 0 Å². The summed E-state index contributed by atoms with van der Waals surface area (Å²) in [5.74, 6) is 0. The van der Waals surface area contributed by atoms with Gasteiger partial charge in [-0.1, -0.05) is 68.8 Å². The Labute approximate surface area is 115 Å². The van der Waals surface area contributed by atoms with Crippen molar-refractivity contribution < 1.29 is 4.79 Å². The van der Waals surface area contributed by atoms with E-state index in [0.717, 1.165) is 23.0 Å². The molecule has 0 heterocycles. The maximum atomic E-state index is 11.1. The number of carbonyl (C=O) groups is 1. The average Bonchev–Trinajstić information content (AvgIpc) is 2.38. The van der Waals surface area contributed by atoms with Crippen LogP contribution in [0.2, 0.25) is 0 Å². The lowest BCUT2D eigenvalue weighted by molar-refractivity contribution is 0.112. The molecule has 0 bridgehead atoms.